The highest BCUT2D eigenvalue weighted by Gasteiger charge is 2.26. The second kappa shape index (κ2) is 18.8. The zero-order valence-corrected chi connectivity index (χ0v) is 33.2. The van der Waals surface area contributed by atoms with E-state index in [1.165, 1.54) is 22.4 Å². The number of anilines is 2. The standard InChI is InChI=1S/C42H45FN6O8S/c1-4-47-23-33(40(52)53)37(50)32-19-34(43)36(20-35(32)47)48-14-16-49(17-15-48)42(55)57-25-29-10-12-30(13-11-29)46-38(51)27(3)39-44-22-31(58-39)18-26(2)21-45-41(54)56-24-28-8-6-5-7-9-28/h5-13,19-20,22-23,26-27H,4,14-18,21,24-25H2,1-3H3,(H,45,54)(H,46,51)(H,52,53)/t26-,27?/m0/s1. The third-order valence-corrected chi connectivity index (χ3v) is 11.1. The summed E-state index contributed by atoms with van der Waals surface area (Å²) in [6, 6.07) is 19.1. The summed E-state index contributed by atoms with van der Waals surface area (Å²) in [6.07, 6.45) is 2.73. The number of alkyl carbamates (subject to hydrolysis) is 1. The summed E-state index contributed by atoms with van der Waals surface area (Å²) in [5, 5.41) is 15.8. The van der Waals surface area contributed by atoms with Crippen LogP contribution in [0.3, 0.4) is 0 Å². The molecule has 14 nitrogen and oxygen atoms in total. The number of hydrogen-bond donors (Lipinski definition) is 3. The van der Waals surface area contributed by atoms with Gasteiger partial charge in [0.25, 0.3) is 0 Å². The zero-order chi connectivity index (χ0) is 41.3. The number of aromatic nitrogens is 2. The van der Waals surface area contributed by atoms with Gasteiger partial charge in [-0.1, -0.05) is 49.4 Å². The number of carboxylic acid groups (broad SMARTS) is 1. The summed E-state index contributed by atoms with van der Waals surface area (Å²) in [7, 11) is 0. The molecule has 3 heterocycles. The van der Waals surface area contributed by atoms with Gasteiger partial charge < -0.3 is 39.6 Å². The fourth-order valence-electron chi connectivity index (χ4n) is 6.53. The number of rotatable bonds is 14. The van der Waals surface area contributed by atoms with Crippen molar-refractivity contribution in [2.24, 2.45) is 5.92 Å². The quantitative estimate of drug-likeness (QED) is 0.111. The van der Waals surface area contributed by atoms with E-state index < -0.39 is 40.9 Å². The molecule has 1 saturated heterocycles. The lowest BCUT2D eigenvalue weighted by atomic mass is 10.1. The average Bonchev–Trinajstić information content (AvgIpc) is 3.70. The molecule has 3 N–H and O–H groups in total. The maximum absolute atomic E-state index is 15.3. The average molecular weight is 813 g/mol. The molecule has 1 unspecified atom stereocenters. The van der Waals surface area contributed by atoms with Gasteiger partial charge in [0.1, 0.15) is 29.6 Å². The summed E-state index contributed by atoms with van der Waals surface area (Å²) in [5.41, 5.74) is 1.75. The Bertz CT molecular complexity index is 2330. The van der Waals surface area contributed by atoms with Crippen LogP contribution >= 0.6 is 11.3 Å². The highest BCUT2D eigenvalue weighted by molar-refractivity contribution is 7.11. The summed E-state index contributed by atoms with van der Waals surface area (Å²) in [4.78, 5) is 71.2. The van der Waals surface area contributed by atoms with Gasteiger partial charge in [0.15, 0.2) is 0 Å². The van der Waals surface area contributed by atoms with Gasteiger partial charge in [-0.25, -0.2) is 23.8 Å². The number of ether oxygens (including phenoxy) is 2. The van der Waals surface area contributed by atoms with Crippen molar-refractivity contribution in [3.63, 3.8) is 0 Å². The van der Waals surface area contributed by atoms with E-state index in [2.05, 4.69) is 15.6 Å². The molecule has 304 valence electrons. The number of halogens is 1. The largest absolute Gasteiger partial charge is 0.477 e. The smallest absolute Gasteiger partial charge is 0.410 e. The Hall–Kier alpha value is -6.29. The van der Waals surface area contributed by atoms with Crippen molar-refractivity contribution in [2.75, 3.05) is 42.9 Å². The van der Waals surface area contributed by atoms with Crippen molar-refractivity contribution in [1.82, 2.24) is 19.8 Å². The number of pyridine rings is 1. The minimum absolute atomic E-state index is 0.00584. The van der Waals surface area contributed by atoms with E-state index in [4.69, 9.17) is 9.47 Å². The topological polar surface area (TPSA) is 172 Å². The number of nitrogens with one attached hydrogen (secondary N) is 2. The Morgan fingerprint density at radius 2 is 1.64 bits per heavy atom. The van der Waals surface area contributed by atoms with Gasteiger partial charge in [0, 0.05) is 67.6 Å². The predicted octanol–water partition coefficient (Wildman–Crippen LogP) is 6.62. The lowest BCUT2D eigenvalue weighted by molar-refractivity contribution is -0.117. The Labute approximate surface area is 338 Å². The molecule has 2 atom stereocenters. The van der Waals surface area contributed by atoms with Gasteiger partial charge in [0.2, 0.25) is 11.3 Å². The minimum Gasteiger partial charge on any atom is -0.477 e. The summed E-state index contributed by atoms with van der Waals surface area (Å²) >= 11 is 1.46. The predicted molar refractivity (Wildman–Crippen MR) is 218 cm³/mol. The lowest BCUT2D eigenvalue weighted by Gasteiger charge is -2.35. The molecule has 0 saturated carbocycles. The summed E-state index contributed by atoms with van der Waals surface area (Å²) in [5.74, 6) is -2.61. The molecule has 3 amide bonds. The molecule has 2 aromatic heterocycles. The highest BCUT2D eigenvalue weighted by Crippen LogP contribution is 2.28. The van der Waals surface area contributed by atoms with Crippen LogP contribution in [0.1, 0.15) is 58.1 Å². The van der Waals surface area contributed by atoms with Crippen LogP contribution in [0.15, 0.2) is 83.9 Å². The number of benzene rings is 3. The molecule has 58 heavy (non-hydrogen) atoms. The third kappa shape index (κ3) is 10.2. The lowest BCUT2D eigenvalue weighted by Crippen LogP contribution is -2.49. The van der Waals surface area contributed by atoms with Crippen LogP contribution in [-0.4, -0.2) is 76.3 Å². The third-order valence-electron chi connectivity index (χ3n) is 9.87. The Morgan fingerprint density at radius 3 is 2.33 bits per heavy atom. The van der Waals surface area contributed by atoms with Crippen molar-refractivity contribution in [3.05, 3.63) is 122 Å². The molecule has 6 rings (SSSR count). The molecule has 0 radical (unpaired) electrons. The van der Waals surface area contributed by atoms with Gasteiger partial charge in [-0.15, -0.1) is 11.3 Å². The first-order chi connectivity index (χ1) is 27.9. The zero-order valence-electron chi connectivity index (χ0n) is 32.4. The number of fused-ring (bicyclic) bond motifs is 1. The molecule has 3 aromatic carbocycles. The molecule has 1 aliphatic heterocycles. The normalized spacial score (nSPS) is 13.8. The number of aromatic carboxylic acids is 1. The number of thiazole rings is 1. The Kier molecular flexibility index (Phi) is 13.4. The monoisotopic (exact) mass is 812 g/mol. The summed E-state index contributed by atoms with van der Waals surface area (Å²) < 4.78 is 27.7. The van der Waals surface area contributed by atoms with E-state index in [0.29, 0.717) is 48.8 Å². The van der Waals surface area contributed by atoms with Gasteiger partial charge in [-0.2, -0.15) is 0 Å². The van der Waals surface area contributed by atoms with Crippen molar-refractivity contribution in [3.8, 4) is 0 Å². The number of piperazine rings is 1. The van der Waals surface area contributed by atoms with E-state index >= 15 is 4.39 Å². The van der Waals surface area contributed by atoms with E-state index in [9.17, 15) is 29.1 Å². The summed E-state index contributed by atoms with van der Waals surface area (Å²) in [6.45, 7) is 7.85. The number of amides is 3. The fourth-order valence-corrected chi connectivity index (χ4v) is 7.66. The molecular formula is C42H45FN6O8S. The van der Waals surface area contributed by atoms with E-state index in [0.717, 1.165) is 22.1 Å². The molecule has 0 aliphatic carbocycles. The van der Waals surface area contributed by atoms with E-state index in [1.54, 1.807) is 59.8 Å². The van der Waals surface area contributed by atoms with Crippen molar-refractivity contribution < 1.29 is 38.1 Å². The highest BCUT2D eigenvalue weighted by atomic mass is 32.1. The van der Waals surface area contributed by atoms with Crippen LogP contribution in [0.4, 0.5) is 25.4 Å². The molecule has 0 bridgehead atoms. The van der Waals surface area contributed by atoms with Gasteiger partial charge in [-0.3, -0.25) is 9.59 Å². The first-order valence-corrected chi connectivity index (χ1v) is 19.8. The van der Waals surface area contributed by atoms with Crippen molar-refractivity contribution in [2.45, 2.75) is 52.9 Å². The van der Waals surface area contributed by atoms with Crippen LogP contribution in [0.5, 0.6) is 0 Å². The molecule has 5 aromatic rings. The van der Waals surface area contributed by atoms with Gasteiger partial charge in [-0.05, 0) is 61.6 Å². The number of hydrogen-bond acceptors (Lipinski definition) is 10. The number of carbonyl (C=O) groups excluding carboxylic acids is 3. The van der Waals surface area contributed by atoms with Crippen LogP contribution in [0.25, 0.3) is 10.9 Å². The maximum Gasteiger partial charge on any atom is 0.410 e. The fraction of sp³-hybridized carbons (Fsp3) is 0.333. The number of carbonyl (C=O) groups is 4. The minimum atomic E-state index is -1.37. The van der Waals surface area contributed by atoms with Gasteiger partial charge in [0.05, 0.1) is 17.1 Å². The molecule has 0 spiro atoms. The second-order valence-corrected chi connectivity index (χ2v) is 15.3. The Balaban J connectivity index is 0.928. The molecule has 1 aliphatic rings. The maximum atomic E-state index is 15.3. The number of carboxylic acids is 1. The van der Waals surface area contributed by atoms with Gasteiger partial charge >= 0.3 is 18.2 Å². The van der Waals surface area contributed by atoms with E-state index in [-0.39, 0.29) is 49.2 Å². The van der Waals surface area contributed by atoms with Crippen LogP contribution in [-0.2, 0) is 40.4 Å². The molecular weight excluding hydrogens is 768 g/mol. The van der Waals surface area contributed by atoms with Crippen LogP contribution in [0, 0.1) is 11.7 Å². The first kappa shape index (κ1) is 41.3. The first-order valence-electron chi connectivity index (χ1n) is 19.0. The number of aryl methyl sites for hydroxylation is 1. The number of nitrogens with zero attached hydrogens (tertiary/aromatic N) is 4. The van der Waals surface area contributed by atoms with Crippen molar-refractivity contribution >= 4 is 57.7 Å². The molecule has 1 fully saturated rings. The SMILES string of the molecule is CCn1cc(C(=O)O)c(=O)c2cc(F)c(N3CCN(C(=O)OCc4ccc(NC(=O)C(C)c5ncc(C[C@H](C)CNC(=O)OCc6ccccc6)s5)cc4)CC3)cc21. The van der Waals surface area contributed by atoms with E-state index in [1.807, 2.05) is 37.3 Å². The Morgan fingerprint density at radius 1 is 0.948 bits per heavy atom. The molecule has 16 heteroatoms. The van der Waals surface area contributed by atoms with Crippen LogP contribution in [0.2, 0.25) is 0 Å². The van der Waals surface area contributed by atoms with Crippen LogP contribution < -0.4 is 21.0 Å². The van der Waals surface area contributed by atoms with Crippen molar-refractivity contribution in [1.29, 1.82) is 0 Å². The second-order valence-electron chi connectivity index (χ2n) is 14.1.